The van der Waals surface area contributed by atoms with E-state index in [0.29, 0.717) is 10.2 Å². The molecule has 0 amide bonds. The molecule has 0 spiro atoms. The molecular weight excluding hydrogens is 252 g/mol. The number of nitrogens with two attached hydrogens (primary N) is 1. The molecule has 0 fully saturated rings. The van der Waals surface area contributed by atoms with Crippen LogP contribution in [0.25, 0.3) is 0 Å². The Morgan fingerprint density at radius 1 is 1.57 bits per heavy atom. The van der Waals surface area contributed by atoms with E-state index in [4.69, 9.17) is 10.9 Å². The zero-order chi connectivity index (χ0) is 10.7. The summed E-state index contributed by atoms with van der Waals surface area (Å²) < 4.78 is 0.595. The van der Waals surface area contributed by atoms with Gasteiger partial charge < -0.3 is 15.6 Å². The van der Waals surface area contributed by atoms with Crippen LogP contribution >= 0.6 is 15.9 Å². The largest absolute Gasteiger partial charge is 0.479 e. The van der Waals surface area contributed by atoms with E-state index in [2.05, 4.69) is 21.4 Å². The highest BCUT2D eigenvalue weighted by Crippen LogP contribution is 2.29. The Hall–Kier alpha value is -1.11. The van der Waals surface area contributed by atoms with Gasteiger partial charge in [-0.15, -0.1) is 0 Å². The van der Waals surface area contributed by atoms with Crippen LogP contribution in [0.4, 0.5) is 5.69 Å². The number of rotatable bonds is 3. The summed E-state index contributed by atoms with van der Waals surface area (Å²) in [5.41, 5.74) is 2.91. The van der Waals surface area contributed by atoms with Crippen LogP contribution in [-0.4, -0.2) is 16.2 Å². The first-order valence-electron chi connectivity index (χ1n) is 3.73. The number of carbonyl (C=O) groups is 1. The number of nitrogens with one attached hydrogen (secondary N) is 1. The van der Waals surface area contributed by atoms with Crippen LogP contribution in [0.5, 0.6) is 0 Å². The molecule has 0 aliphatic rings. The Bertz CT molecular complexity index is 356. The van der Waals surface area contributed by atoms with Gasteiger partial charge in [-0.25, -0.2) is 4.79 Å². The predicted octanol–water partition coefficient (Wildman–Crippen LogP) is 0.853. The summed E-state index contributed by atoms with van der Waals surface area (Å²) in [5, 5.41) is 17.9. The maximum Gasteiger partial charge on any atom is 0.337 e. The molecule has 14 heavy (non-hydrogen) atoms. The van der Waals surface area contributed by atoms with E-state index in [9.17, 15) is 9.90 Å². The SMILES string of the molecule is NNc1c(Br)cccc1C(O)C(=O)O. The van der Waals surface area contributed by atoms with E-state index in [1.807, 2.05) is 0 Å². The number of carboxylic acid groups (broad SMARTS) is 1. The maximum atomic E-state index is 10.5. The minimum absolute atomic E-state index is 0.217. The molecule has 0 aliphatic carbocycles. The molecule has 1 rings (SSSR count). The van der Waals surface area contributed by atoms with Crippen molar-refractivity contribution in [2.75, 3.05) is 5.43 Å². The number of anilines is 1. The first-order chi connectivity index (χ1) is 6.57. The normalized spacial score (nSPS) is 12.2. The molecule has 1 aromatic rings. The van der Waals surface area contributed by atoms with Gasteiger partial charge in [0.1, 0.15) is 0 Å². The Balaban J connectivity index is 3.20. The molecule has 0 radical (unpaired) electrons. The molecule has 5 N–H and O–H groups in total. The number of carboxylic acids is 1. The third-order valence-corrected chi connectivity index (χ3v) is 2.38. The molecule has 0 aliphatic heterocycles. The lowest BCUT2D eigenvalue weighted by atomic mass is 10.1. The maximum absolute atomic E-state index is 10.5. The summed E-state index contributed by atoms with van der Waals surface area (Å²) >= 11 is 3.18. The van der Waals surface area contributed by atoms with Crippen LogP contribution < -0.4 is 11.3 Å². The van der Waals surface area contributed by atoms with Gasteiger partial charge in [-0.05, 0) is 22.0 Å². The number of hydrazine groups is 1. The third-order valence-electron chi connectivity index (χ3n) is 1.72. The second kappa shape index (κ2) is 4.41. The van der Waals surface area contributed by atoms with Crippen LogP contribution in [0.1, 0.15) is 11.7 Å². The number of aliphatic hydroxyl groups is 1. The molecule has 0 saturated carbocycles. The number of halogens is 1. The van der Waals surface area contributed by atoms with Crippen molar-refractivity contribution < 1.29 is 15.0 Å². The smallest absolute Gasteiger partial charge is 0.337 e. The lowest BCUT2D eigenvalue weighted by Crippen LogP contribution is -2.16. The molecule has 76 valence electrons. The van der Waals surface area contributed by atoms with Gasteiger partial charge in [0.15, 0.2) is 6.10 Å². The van der Waals surface area contributed by atoms with Crippen molar-refractivity contribution in [3.63, 3.8) is 0 Å². The van der Waals surface area contributed by atoms with Crippen molar-refractivity contribution >= 4 is 27.6 Å². The summed E-state index contributed by atoms with van der Waals surface area (Å²) in [4.78, 5) is 10.5. The quantitative estimate of drug-likeness (QED) is 0.478. The average molecular weight is 261 g/mol. The van der Waals surface area contributed by atoms with Crippen LogP contribution in [0.3, 0.4) is 0 Å². The van der Waals surface area contributed by atoms with Crippen LogP contribution in [-0.2, 0) is 4.79 Å². The molecular formula is C8H9BrN2O3. The molecule has 6 heteroatoms. The van der Waals surface area contributed by atoms with Gasteiger partial charge in [-0.3, -0.25) is 5.84 Å². The molecule has 0 aromatic heterocycles. The van der Waals surface area contributed by atoms with Crippen molar-refractivity contribution in [2.24, 2.45) is 5.84 Å². The first-order valence-corrected chi connectivity index (χ1v) is 4.53. The second-order valence-corrected chi connectivity index (χ2v) is 3.44. The van der Waals surface area contributed by atoms with E-state index in [-0.39, 0.29) is 5.56 Å². The Labute approximate surface area is 88.6 Å². The Morgan fingerprint density at radius 2 is 2.21 bits per heavy atom. The van der Waals surface area contributed by atoms with Crippen LogP contribution in [0.15, 0.2) is 22.7 Å². The Kier molecular flexibility index (Phi) is 3.45. The highest BCUT2D eigenvalue weighted by molar-refractivity contribution is 9.10. The van der Waals surface area contributed by atoms with Crippen molar-refractivity contribution in [3.8, 4) is 0 Å². The predicted molar refractivity (Wildman–Crippen MR) is 54.5 cm³/mol. The molecule has 0 saturated heterocycles. The topological polar surface area (TPSA) is 95.6 Å². The second-order valence-electron chi connectivity index (χ2n) is 2.59. The fraction of sp³-hybridized carbons (Fsp3) is 0.125. The van der Waals surface area contributed by atoms with E-state index in [1.165, 1.54) is 6.07 Å². The number of para-hydroxylation sites is 1. The number of aliphatic carboxylic acids is 1. The van der Waals surface area contributed by atoms with Gasteiger partial charge in [-0.2, -0.15) is 0 Å². The lowest BCUT2D eigenvalue weighted by molar-refractivity contribution is -0.146. The highest BCUT2D eigenvalue weighted by Gasteiger charge is 2.20. The molecule has 1 aromatic carbocycles. The fourth-order valence-corrected chi connectivity index (χ4v) is 1.55. The standard InChI is InChI=1S/C8H9BrN2O3/c9-5-3-1-2-4(6(5)11-10)7(12)8(13)14/h1-3,7,11-12H,10H2,(H,13,14). The van der Waals surface area contributed by atoms with Crippen molar-refractivity contribution in [1.29, 1.82) is 0 Å². The molecule has 1 unspecified atom stereocenters. The summed E-state index contributed by atoms with van der Waals surface area (Å²) in [6.45, 7) is 0. The summed E-state index contributed by atoms with van der Waals surface area (Å²) in [7, 11) is 0. The Morgan fingerprint density at radius 3 is 2.71 bits per heavy atom. The van der Waals surface area contributed by atoms with Gasteiger partial charge in [0.05, 0.1) is 5.69 Å². The van der Waals surface area contributed by atoms with Gasteiger partial charge in [0.2, 0.25) is 0 Å². The average Bonchev–Trinajstić information content (AvgIpc) is 2.16. The van der Waals surface area contributed by atoms with E-state index >= 15 is 0 Å². The van der Waals surface area contributed by atoms with E-state index in [1.54, 1.807) is 12.1 Å². The molecule has 0 heterocycles. The molecule has 5 nitrogen and oxygen atoms in total. The summed E-state index contributed by atoms with van der Waals surface area (Å²) in [6.07, 6.45) is -1.58. The van der Waals surface area contributed by atoms with Crippen LogP contribution in [0.2, 0.25) is 0 Å². The molecule has 1 atom stereocenters. The van der Waals surface area contributed by atoms with Gasteiger partial charge in [0.25, 0.3) is 0 Å². The van der Waals surface area contributed by atoms with E-state index in [0.717, 1.165) is 0 Å². The van der Waals surface area contributed by atoms with Gasteiger partial charge in [-0.1, -0.05) is 12.1 Å². The molecule has 0 bridgehead atoms. The minimum Gasteiger partial charge on any atom is -0.479 e. The number of aliphatic hydroxyl groups excluding tert-OH is 1. The summed E-state index contributed by atoms with van der Waals surface area (Å²) in [6, 6.07) is 4.79. The fourth-order valence-electron chi connectivity index (χ4n) is 1.05. The zero-order valence-electron chi connectivity index (χ0n) is 7.07. The number of hydrogen-bond acceptors (Lipinski definition) is 4. The zero-order valence-corrected chi connectivity index (χ0v) is 8.65. The lowest BCUT2D eigenvalue weighted by Gasteiger charge is -2.12. The van der Waals surface area contributed by atoms with E-state index < -0.39 is 12.1 Å². The van der Waals surface area contributed by atoms with Crippen LogP contribution in [0, 0.1) is 0 Å². The number of benzene rings is 1. The first kappa shape index (κ1) is 11.0. The van der Waals surface area contributed by atoms with Gasteiger partial charge in [0, 0.05) is 10.0 Å². The van der Waals surface area contributed by atoms with Crippen molar-refractivity contribution in [2.45, 2.75) is 6.10 Å². The monoisotopic (exact) mass is 260 g/mol. The number of nitrogen functional groups attached to an aromatic ring is 1. The van der Waals surface area contributed by atoms with Gasteiger partial charge >= 0.3 is 5.97 Å². The summed E-state index contributed by atoms with van der Waals surface area (Å²) in [5.74, 6) is 3.89. The minimum atomic E-state index is -1.58. The highest BCUT2D eigenvalue weighted by atomic mass is 79.9. The van der Waals surface area contributed by atoms with Crippen molar-refractivity contribution in [3.05, 3.63) is 28.2 Å². The third kappa shape index (κ3) is 2.03. The van der Waals surface area contributed by atoms with Crippen molar-refractivity contribution in [1.82, 2.24) is 0 Å². The number of hydrogen-bond donors (Lipinski definition) is 4.